The fourth-order valence-electron chi connectivity index (χ4n) is 1.47. The molecule has 0 unspecified atom stereocenters. The van der Waals surface area contributed by atoms with Gasteiger partial charge in [0.25, 0.3) is 0 Å². The monoisotopic (exact) mass is 185 g/mol. The SMILES string of the molecule is N#CCc1ccc2ccc(F)cc2c1. The molecule has 0 saturated heterocycles. The molecule has 0 bridgehead atoms. The maximum Gasteiger partial charge on any atom is 0.123 e. The fourth-order valence-corrected chi connectivity index (χ4v) is 1.47. The molecule has 0 N–H and O–H groups in total. The van der Waals surface area contributed by atoms with E-state index in [2.05, 4.69) is 6.07 Å². The van der Waals surface area contributed by atoms with Crippen LogP contribution in [0, 0.1) is 17.1 Å². The Morgan fingerprint density at radius 3 is 2.64 bits per heavy atom. The molecule has 0 aliphatic carbocycles. The van der Waals surface area contributed by atoms with Crippen molar-refractivity contribution in [3.63, 3.8) is 0 Å². The number of benzene rings is 2. The van der Waals surface area contributed by atoms with Crippen LogP contribution >= 0.6 is 0 Å². The van der Waals surface area contributed by atoms with E-state index in [4.69, 9.17) is 5.26 Å². The van der Waals surface area contributed by atoms with Gasteiger partial charge in [0.05, 0.1) is 12.5 Å². The minimum atomic E-state index is -0.244. The van der Waals surface area contributed by atoms with Gasteiger partial charge in [-0.1, -0.05) is 24.3 Å². The van der Waals surface area contributed by atoms with E-state index in [-0.39, 0.29) is 5.82 Å². The molecule has 1 nitrogen and oxygen atoms in total. The van der Waals surface area contributed by atoms with Crippen molar-refractivity contribution in [1.82, 2.24) is 0 Å². The first-order valence-corrected chi connectivity index (χ1v) is 4.35. The van der Waals surface area contributed by atoms with Crippen molar-refractivity contribution in [1.29, 1.82) is 5.26 Å². The lowest BCUT2D eigenvalue weighted by Gasteiger charge is -1.99. The smallest absolute Gasteiger partial charge is 0.123 e. The van der Waals surface area contributed by atoms with Crippen molar-refractivity contribution >= 4 is 10.8 Å². The molecule has 0 aliphatic rings. The summed E-state index contributed by atoms with van der Waals surface area (Å²) >= 11 is 0. The molecular weight excluding hydrogens is 177 g/mol. The summed E-state index contributed by atoms with van der Waals surface area (Å²) in [6, 6.07) is 12.4. The van der Waals surface area contributed by atoms with Crippen molar-refractivity contribution in [2.24, 2.45) is 0 Å². The second-order valence-electron chi connectivity index (χ2n) is 3.16. The lowest BCUT2D eigenvalue weighted by atomic mass is 10.1. The minimum Gasteiger partial charge on any atom is -0.207 e. The summed E-state index contributed by atoms with van der Waals surface area (Å²) in [7, 11) is 0. The highest BCUT2D eigenvalue weighted by Gasteiger charge is 1.97. The zero-order chi connectivity index (χ0) is 9.97. The highest BCUT2D eigenvalue weighted by Crippen LogP contribution is 2.17. The molecular formula is C12H8FN. The van der Waals surface area contributed by atoms with Gasteiger partial charge in [0.1, 0.15) is 5.82 Å². The van der Waals surface area contributed by atoms with Gasteiger partial charge in [0.2, 0.25) is 0 Å². The second-order valence-corrected chi connectivity index (χ2v) is 3.16. The summed E-state index contributed by atoms with van der Waals surface area (Å²) in [4.78, 5) is 0. The highest BCUT2D eigenvalue weighted by atomic mass is 19.1. The first kappa shape index (κ1) is 8.71. The molecule has 0 aliphatic heterocycles. The Morgan fingerprint density at radius 2 is 1.86 bits per heavy atom. The number of nitriles is 1. The normalized spacial score (nSPS) is 10.0. The number of rotatable bonds is 1. The molecule has 0 radical (unpaired) electrons. The first-order chi connectivity index (χ1) is 6.79. The van der Waals surface area contributed by atoms with E-state index in [1.807, 2.05) is 18.2 Å². The van der Waals surface area contributed by atoms with E-state index in [1.165, 1.54) is 12.1 Å². The maximum absolute atomic E-state index is 12.9. The molecule has 0 aromatic heterocycles. The highest BCUT2D eigenvalue weighted by molar-refractivity contribution is 5.83. The van der Waals surface area contributed by atoms with E-state index >= 15 is 0 Å². The molecule has 14 heavy (non-hydrogen) atoms. The predicted octanol–water partition coefficient (Wildman–Crippen LogP) is 3.04. The Labute approximate surface area is 81.4 Å². The quantitative estimate of drug-likeness (QED) is 0.669. The van der Waals surface area contributed by atoms with Crippen LogP contribution in [0.5, 0.6) is 0 Å². The second kappa shape index (κ2) is 3.47. The average Bonchev–Trinajstić information content (AvgIpc) is 2.17. The Morgan fingerprint density at radius 1 is 1.07 bits per heavy atom. The molecule has 2 aromatic rings. The largest absolute Gasteiger partial charge is 0.207 e. The topological polar surface area (TPSA) is 23.8 Å². The standard InChI is InChI=1S/C12H8FN/c13-12-4-3-10-2-1-9(5-6-14)7-11(10)8-12/h1-4,7-8H,5H2. The average molecular weight is 185 g/mol. The number of halogens is 1. The van der Waals surface area contributed by atoms with Crippen molar-refractivity contribution in [2.75, 3.05) is 0 Å². The van der Waals surface area contributed by atoms with Gasteiger partial charge in [-0.3, -0.25) is 0 Å². The van der Waals surface area contributed by atoms with Gasteiger partial charge in [-0.05, 0) is 28.5 Å². The number of fused-ring (bicyclic) bond motifs is 1. The lowest BCUT2D eigenvalue weighted by molar-refractivity contribution is 0.630. The van der Waals surface area contributed by atoms with Crippen molar-refractivity contribution in [3.8, 4) is 6.07 Å². The molecule has 0 saturated carbocycles. The van der Waals surface area contributed by atoms with Crippen molar-refractivity contribution in [3.05, 3.63) is 47.8 Å². The van der Waals surface area contributed by atoms with E-state index in [0.717, 1.165) is 16.3 Å². The van der Waals surface area contributed by atoms with Crippen LogP contribution in [-0.2, 0) is 6.42 Å². The van der Waals surface area contributed by atoms with Crippen LogP contribution in [0.25, 0.3) is 10.8 Å². The number of hydrogen-bond acceptors (Lipinski definition) is 1. The Hall–Kier alpha value is -1.88. The number of hydrogen-bond donors (Lipinski definition) is 0. The van der Waals surface area contributed by atoms with Gasteiger partial charge in [0.15, 0.2) is 0 Å². The fraction of sp³-hybridized carbons (Fsp3) is 0.0833. The van der Waals surface area contributed by atoms with E-state index in [1.54, 1.807) is 6.07 Å². The Kier molecular flexibility index (Phi) is 2.16. The Bertz CT molecular complexity index is 511. The summed E-state index contributed by atoms with van der Waals surface area (Å²) in [5.74, 6) is -0.244. The molecule has 0 atom stereocenters. The van der Waals surface area contributed by atoms with E-state index in [0.29, 0.717) is 6.42 Å². The molecule has 2 rings (SSSR count). The molecule has 0 spiro atoms. The van der Waals surface area contributed by atoms with Crippen LogP contribution < -0.4 is 0 Å². The predicted molar refractivity (Wildman–Crippen MR) is 53.2 cm³/mol. The van der Waals surface area contributed by atoms with Crippen LogP contribution in [0.1, 0.15) is 5.56 Å². The van der Waals surface area contributed by atoms with Gasteiger partial charge in [-0.15, -0.1) is 0 Å². The Balaban J connectivity index is 2.59. The van der Waals surface area contributed by atoms with Gasteiger partial charge in [-0.2, -0.15) is 5.26 Å². The zero-order valence-corrected chi connectivity index (χ0v) is 7.50. The molecule has 0 fully saturated rings. The maximum atomic E-state index is 12.9. The van der Waals surface area contributed by atoms with Crippen LogP contribution in [0.15, 0.2) is 36.4 Å². The van der Waals surface area contributed by atoms with E-state index < -0.39 is 0 Å². The van der Waals surface area contributed by atoms with Crippen LogP contribution in [0.3, 0.4) is 0 Å². The summed E-state index contributed by atoms with van der Waals surface area (Å²) < 4.78 is 12.9. The van der Waals surface area contributed by atoms with Gasteiger partial charge >= 0.3 is 0 Å². The molecule has 68 valence electrons. The third-order valence-electron chi connectivity index (χ3n) is 2.15. The summed E-state index contributed by atoms with van der Waals surface area (Å²) in [5, 5.41) is 10.4. The van der Waals surface area contributed by atoms with E-state index in [9.17, 15) is 4.39 Å². The lowest BCUT2D eigenvalue weighted by Crippen LogP contribution is -1.82. The first-order valence-electron chi connectivity index (χ1n) is 4.35. The van der Waals surface area contributed by atoms with Gasteiger partial charge < -0.3 is 0 Å². The van der Waals surface area contributed by atoms with Crippen molar-refractivity contribution < 1.29 is 4.39 Å². The zero-order valence-electron chi connectivity index (χ0n) is 7.50. The minimum absolute atomic E-state index is 0.244. The molecule has 0 amide bonds. The molecule has 2 aromatic carbocycles. The third kappa shape index (κ3) is 1.57. The van der Waals surface area contributed by atoms with Gasteiger partial charge in [-0.25, -0.2) is 4.39 Å². The summed E-state index contributed by atoms with van der Waals surface area (Å²) in [5.41, 5.74) is 0.922. The van der Waals surface area contributed by atoms with Crippen LogP contribution in [0.4, 0.5) is 4.39 Å². The summed E-state index contributed by atoms with van der Waals surface area (Å²) in [6.07, 6.45) is 0.368. The molecule has 2 heteroatoms. The summed E-state index contributed by atoms with van der Waals surface area (Å²) in [6.45, 7) is 0. The van der Waals surface area contributed by atoms with Crippen LogP contribution in [0.2, 0.25) is 0 Å². The number of nitrogens with zero attached hydrogens (tertiary/aromatic N) is 1. The van der Waals surface area contributed by atoms with Crippen LogP contribution in [-0.4, -0.2) is 0 Å². The van der Waals surface area contributed by atoms with Gasteiger partial charge in [0, 0.05) is 0 Å². The van der Waals surface area contributed by atoms with Crippen molar-refractivity contribution in [2.45, 2.75) is 6.42 Å². The molecule has 0 heterocycles. The third-order valence-corrected chi connectivity index (χ3v) is 2.15.